The molecule has 6 nitrogen and oxygen atoms in total. The highest BCUT2D eigenvalue weighted by Gasteiger charge is 2.25. The molecule has 21 heavy (non-hydrogen) atoms. The predicted octanol–water partition coefficient (Wildman–Crippen LogP) is 1.63. The smallest absolute Gasteiger partial charge is 0.325 e. The maximum Gasteiger partial charge on any atom is 0.325 e. The molecule has 0 saturated heterocycles. The van der Waals surface area contributed by atoms with Gasteiger partial charge >= 0.3 is 5.97 Å². The van der Waals surface area contributed by atoms with Crippen molar-refractivity contribution in [3.05, 3.63) is 29.8 Å². The molecule has 0 heterocycles. The molecule has 1 aromatic rings. The van der Waals surface area contributed by atoms with Gasteiger partial charge in [0.2, 0.25) is 5.91 Å². The Morgan fingerprint density at radius 3 is 2.29 bits per heavy atom. The summed E-state index contributed by atoms with van der Waals surface area (Å²) in [5.41, 5.74) is 0.986. The standard InChI is InChI=1S/C15H18N2O4/c1-9(15(20)21)16-13(18)11-5-7-12(8-6-11)17-14(19)10-3-2-4-10/h5-10H,2-4H2,1H3,(H,16,18)(H,17,19)(H,20,21). The molecule has 0 spiro atoms. The van der Waals surface area contributed by atoms with Gasteiger partial charge in [-0.05, 0) is 44.0 Å². The average Bonchev–Trinajstić information content (AvgIpc) is 2.37. The molecule has 1 fully saturated rings. The van der Waals surface area contributed by atoms with Gasteiger partial charge in [-0.3, -0.25) is 14.4 Å². The van der Waals surface area contributed by atoms with Crippen molar-refractivity contribution in [3.8, 4) is 0 Å². The number of carbonyl (C=O) groups is 3. The van der Waals surface area contributed by atoms with E-state index in [1.165, 1.54) is 6.92 Å². The number of anilines is 1. The van der Waals surface area contributed by atoms with Crippen molar-refractivity contribution in [2.75, 3.05) is 5.32 Å². The Morgan fingerprint density at radius 1 is 1.19 bits per heavy atom. The van der Waals surface area contributed by atoms with Gasteiger partial charge in [-0.25, -0.2) is 0 Å². The van der Waals surface area contributed by atoms with Gasteiger partial charge in [-0.2, -0.15) is 0 Å². The summed E-state index contributed by atoms with van der Waals surface area (Å²) >= 11 is 0. The Bertz CT molecular complexity index is 549. The molecule has 1 aromatic carbocycles. The zero-order valence-corrected chi connectivity index (χ0v) is 11.8. The lowest BCUT2D eigenvalue weighted by Gasteiger charge is -2.24. The van der Waals surface area contributed by atoms with Gasteiger partial charge in [0.05, 0.1) is 0 Å². The summed E-state index contributed by atoms with van der Waals surface area (Å²) in [5, 5.41) is 13.9. The number of hydrogen-bond donors (Lipinski definition) is 3. The topological polar surface area (TPSA) is 95.5 Å². The second-order valence-electron chi connectivity index (χ2n) is 5.23. The molecule has 0 aliphatic heterocycles. The third-order valence-electron chi connectivity index (χ3n) is 3.61. The largest absolute Gasteiger partial charge is 0.480 e. The average molecular weight is 290 g/mol. The number of rotatable bonds is 5. The fourth-order valence-corrected chi connectivity index (χ4v) is 1.96. The molecule has 2 amide bonds. The van der Waals surface area contributed by atoms with Gasteiger partial charge in [0, 0.05) is 17.2 Å². The molecule has 1 saturated carbocycles. The SMILES string of the molecule is CC(NC(=O)c1ccc(NC(=O)C2CCC2)cc1)C(=O)O. The third-order valence-corrected chi connectivity index (χ3v) is 3.61. The zero-order valence-electron chi connectivity index (χ0n) is 11.8. The Morgan fingerprint density at radius 2 is 1.81 bits per heavy atom. The van der Waals surface area contributed by atoms with Crippen LogP contribution in [0.5, 0.6) is 0 Å². The lowest BCUT2D eigenvalue weighted by atomic mass is 9.85. The number of carbonyl (C=O) groups excluding carboxylic acids is 2. The van der Waals surface area contributed by atoms with Crippen LogP contribution in [0.4, 0.5) is 5.69 Å². The van der Waals surface area contributed by atoms with Crippen molar-refractivity contribution in [2.24, 2.45) is 5.92 Å². The van der Waals surface area contributed by atoms with Crippen LogP contribution in [0.3, 0.4) is 0 Å². The first-order valence-electron chi connectivity index (χ1n) is 6.92. The van der Waals surface area contributed by atoms with Gasteiger partial charge in [-0.1, -0.05) is 6.42 Å². The molecule has 112 valence electrons. The first-order valence-corrected chi connectivity index (χ1v) is 6.92. The molecule has 1 aliphatic rings. The number of carboxylic acid groups (broad SMARTS) is 1. The van der Waals surface area contributed by atoms with E-state index in [-0.39, 0.29) is 11.8 Å². The molecule has 3 N–H and O–H groups in total. The minimum atomic E-state index is -1.09. The zero-order chi connectivity index (χ0) is 15.4. The summed E-state index contributed by atoms with van der Waals surface area (Å²) in [7, 11) is 0. The second kappa shape index (κ2) is 6.39. The minimum Gasteiger partial charge on any atom is -0.480 e. The third kappa shape index (κ3) is 3.81. The lowest BCUT2D eigenvalue weighted by molar-refractivity contribution is -0.138. The van der Waals surface area contributed by atoms with Crippen LogP contribution in [-0.2, 0) is 9.59 Å². The minimum absolute atomic E-state index is 0.0120. The summed E-state index contributed by atoms with van der Waals surface area (Å²) < 4.78 is 0. The van der Waals surface area contributed by atoms with Crippen LogP contribution in [0.2, 0.25) is 0 Å². The van der Waals surface area contributed by atoms with Crippen molar-refractivity contribution >= 4 is 23.5 Å². The van der Waals surface area contributed by atoms with Crippen LogP contribution < -0.4 is 10.6 Å². The molecule has 6 heteroatoms. The highest BCUT2D eigenvalue weighted by atomic mass is 16.4. The summed E-state index contributed by atoms with van der Waals surface area (Å²) in [6.45, 7) is 1.40. The van der Waals surface area contributed by atoms with E-state index in [1.54, 1.807) is 24.3 Å². The maximum atomic E-state index is 11.8. The van der Waals surface area contributed by atoms with Gasteiger partial charge in [0.25, 0.3) is 5.91 Å². The summed E-state index contributed by atoms with van der Waals surface area (Å²) in [6.07, 6.45) is 2.96. The van der Waals surface area contributed by atoms with Crippen LogP contribution in [0.1, 0.15) is 36.5 Å². The molecule has 1 aliphatic carbocycles. The monoisotopic (exact) mass is 290 g/mol. The second-order valence-corrected chi connectivity index (χ2v) is 5.23. The molecule has 1 atom stereocenters. The Labute approximate surface area is 122 Å². The number of nitrogens with one attached hydrogen (secondary N) is 2. The van der Waals surface area contributed by atoms with Crippen LogP contribution in [0, 0.1) is 5.92 Å². The lowest BCUT2D eigenvalue weighted by Crippen LogP contribution is -2.38. The van der Waals surface area contributed by atoms with E-state index in [0.29, 0.717) is 11.3 Å². The van der Waals surface area contributed by atoms with Crippen LogP contribution in [-0.4, -0.2) is 28.9 Å². The molecule has 0 bridgehead atoms. The van der Waals surface area contributed by atoms with E-state index in [9.17, 15) is 14.4 Å². The first kappa shape index (κ1) is 15.0. The summed E-state index contributed by atoms with van der Waals surface area (Å²) in [5.74, 6) is -1.43. The van der Waals surface area contributed by atoms with Crippen LogP contribution >= 0.6 is 0 Å². The van der Waals surface area contributed by atoms with Gasteiger partial charge in [-0.15, -0.1) is 0 Å². The maximum absolute atomic E-state index is 11.8. The Kier molecular flexibility index (Phi) is 4.57. The van der Waals surface area contributed by atoms with E-state index < -0.39 is 17.9 Å². The fraction of sp³-hybridized carbons (Fsp3) is 0.400. The highest BCUT2D eigenvalue weighted by molar-refractivity contribution is 5.97. The highest BCUT2D eigenvalue weighted by Crippen LogP contribution is 2.27. The van der Waals surface area contributed by atoms with Crippen molar-refractivity contribution < 1.29 is 19.5 Å². The number of amides is 2. The molecular formula is C15H18N2O4. The van der Waals surface area contributed by atoms with Crippen molar-refractivity contribution in [2.45, 2.75) is 32.2 Å². The van der Waals surface area contributed by atoms with Crippen molar-refractivity contribution in [1.82, 2.24) is 5.32 Å². The van der Waals surface area contributed by atoms with E-state index in [1.807, 2.05) is 0 Å². The number of aliphatic carboxylic acids is 1. The van der Waals surface area contributed by atoms with Gasteiger partial charge in [0.1, 0.15) is 6.04 Å². The van der Waals surface area contributed by atoms with Crippen molar-refractivity contribution in [1.29, 1.82) is 0 Å². The van der Waals surface area contributed by atoms with E-state index >= 15 is 0 Å². The molecule has 1 unspecified atom stereocenters. The summed E-state index contributed by atoms with van der Waals surface area (Å²) in [6, 6.07) is 5.43. The van der Waals surface area contributed by atoms with Crippen LogP contribution in [0.25, 0.3) is 0 Å². The van der Waals surface area contributed by atoms with E-state index in [0.717, 1.165) is 19.3 Å². The summed E-state index contributed by atoms with van der Waals surface area (Å²) in [4.78, 5) is 34.3. The van der Waals surface area contributed by atoms with Crippen LogP contribution in [0.15, 0.2) is 24.3 Å². The molecular weight excluding hydrogens is 272 g/mol. The number of benzene rings is 1. The Balaban J connectivity index is 1.93. The van der Waals surface area contributed by atoms with E-state index in [2.05, 4.69) is 10.6 Å². The van der Waals surface area contributed by atoms with E-state index in [4.69, 9.17) is 5.11 Å². The number of hydrogen-bond acceptors (Lipinski definition) is 3. The predicted molar refractivity (Wildman–Crippen MR) is 77.0 cm³/mol. The fourth-order valence-electron chi connectivity index (χ4n) is 1.96. The molecule has 0 radical (unpaired) electrons. The molecule has 0 aromatic heterocycles. The first-order chi connectivity index (χ1) is 9.97. The van der Waals surface area contributed by atoms with Gasteiger partial charge < -0.3 is 15.7 Å². The Hall–Kier alpha value is -2.37. The van der Waals surface area contributed by atoms with Gasteiger partial charge in [0.15, 0.2) is 0 Å². The molecule has 2 rings (SSSR count). The normalized spacial score (nSPS) is 15.7. The van der Waals surface area contributed by atoms with Crippen molar-refractivity contribution in [3.63, 3.8) is 0 Å². The quantitative estimate of drug-likeness (QED) is 0.768. The number of carboxylic acids is 1.